The van der Waals surface area contributed by atoms with Gasteiger partial charge < -0.3 is 9.64 Å². The topological polar surface area (TPSA) is 77.3 Å². The predicted molar refractivity (Wildman–Crippen MR) is 116 cm³/mol. The Hall–Kier alpha value is -3.13. The van der Waals surface area contributed by atoms with Gasteiger partial charge in [-0.25, -0.2) is 0 Å². The fraction of sp³-hybridized carbons (Fsp3) is 0.273. The summed E-state index contributed by atoms with van der Waals surface area (Å²) in [5.41, 5.74) is 1.82. The van der Waals surface area contributed by atoms with E-state index in [0.29, 0.717) is 11.0 Å². The Morgan fingerprint density at radius 2 is 1.67 bits per heavy atom. The molecule has 3 aromatic rings. The Balaban J connectivity index is 1.73. The highest BCUT2D eigenvalue weighted by Gasteiger charge is 2.19. The van der Waals surface area contributed by atoms with Crippen LogP contribution in [0.4, 0.5) is 0 Å². The largest absolute Gasteiger partial charge is 0.455 e. The van der Waals surface area contributed by atoms with Gasteiger partial charge in [0.1, 0.15) is 0 Å². The minimum absolute atomic E-state index is 0.0262. The van der Waals surface area contributed by atoms with Crippen LogP contribution in [0.15, 0.2) is 65.8 Å². The van der Waals surface area contributed by atoms with Gasteiger partial charge in [-0.05, 0) is 26.0 Å². The number of carbonyl (C=O) groups excluding carboxylic acids is 2. The van der Waals surface area contributed by atoms with Gasteiger partial charge in [-0.2, -0.15) is 0 Å². The Kier molecular flexibility index (Phi) is 7.24. The van der Waals surface area contributed by atoms with Crippen molar-refractivity contribution in [2.24, 2.45) is 0 Å². The van der Waals surface area contributed by atoms with E-state index in [1.54, 1.807) is 11.9 Å². The maximum Gasteiger partial charge on any atom is 0.316 e. The molecule has 0 fully saturated rings. The van der Waals surface area contributed by atoms with E-state index in [2.05, 4.69) is 10.2 Å². The lowest BCUT2D eigenvalue weighted by Gasteiger charge is -2.21. The second-order valence-corrected chi connectivity index (χ2v) is 7.83. The van der Waals surface area contributed by atoms with Crippen molar-refractivity contribution < 1.29 is 14.3 Å². The van der Waals surface area contributed by atoms with Crippen molar-refractivity contribution in [2.75, 3.05) is 19.4 Å². The number of thioether (sulfide) groups is 1. The number of benzene rings is 2. The molecule has 8 heteroatoms. The molecule has 0 saturated carbocycles. The molecule has 1 amide bonds. The van der Waals surface area contributed by atoms with E-state index in [1.165, 1.54) is 11.8 Å². The molecule has 0 aliphatic rings. The molecule has 1 aromatic heterocycles. The monoisotopic (exact) mass is 424 g/mol. The highest BCUT2D eigenvalue weighted by molar-refractivity contribution is 7.99. The van der Waals surface area contributed by atoms with Gasteiger partial charge in [0.15, 0.2) is 17.6 Å². The second-order valence-electron chi connectivity index (χ2n) is 6.89. The van der Waals surface area contributed by atoms with Crippen LogP contribution in [-0.4, -0.2) is 57.0 Å². The lowest BCUT2D eigenvalue weighted by Crippen LogP contribution is -2.36. The van der Waals surface area contributed by atoms with Crippen molar-refractivity contribution in [3.05, 3.63) is 60.7 Å². The van der Waals surface area contributed by atoms with Crippen LogP contribution >= 0.6 is 11.8 Å². The molecule has 30 heavy (non-hydrogen) atoms. The summed E-state index contributed by atoms with van der Waals surface area (Å²) in [6.07, 6.45) is 0. The molecule has 0 aliphatic heterocycles. The van der Waals surface area contributed by atoms with Gasteiger partial charge in [0, 0.05) is 24.3 Å². The summed E-state index contributed by atoms with van der Waals surface area (Å²) >= 11 is 1.22. The van der Waals surface area contributed by atoms with Gasteiger partial charge in [0.25, 0.3) is 5.91 Å². The smallest absolute Gasteiger partial charge is 0.316 e. The zero-order valence-electron chi connectivity index (χ0n) is 17.2. The lowest BCUT2D eigenvalue weighted by atomic mass is 10.2. The molecule has 0 saturated heterocycles. The number of carbonyl (C=O) groups is 2. The van der Waals surface area contributed by atoms with Crippen molar-refractivity contribution >= 4 is 23.6 Å². The SMILES string of the molecule is CC(C)N(C)C(=O)COC(=O)CSc1nnc(-c2ccccc2)n1-c1ccccc1. The summed E-state index contributed by atoms with van der Waals surface area (Å²) in [4.78, 5) is 25.7. The van der Waals surface area contributed by atoms with Crippen LogP contribution in [-0.2, 0) is 14.3 Å². The molecule has 0 unspecified atom stereocenters. The molecule has 0 atom stereocenters. The lowest BCUT2D eigenvalue weighted by molar-refractivity contribution is -0.150. The van der Waals surface area contributed by atoms with Gasteiger partial charge in [-0.3, -0.25) is 14.2 Å². The molecular weight excluding hydrogens is 400 g/mol. The molecule has 1 heterocycles. The molecule has 0 N–H and O–H groups in total. The van der Waals surface area contributed by atoms with Crippen LogP contribution in [0.1, 0.15) is 13.8 Å². The normalized spacial score (nSPS) is 10.8. The van der Waals surface area contributed by atoms with Crippen LogP contribution in [0.5, 0.6) is 0 Å². The number of amides is 1. The summed E-state index contributed by atoms with van der Waals surface area (Å²) in [6.45, 7) is 3.53. The van der Waals surface area contributed by atoms with E-state index in [-0.39, 0.29) is 24.3 Å². The number of rotatable bonds is 8. The maximum absolute atomic E-state index is 12.2. The number of ether oxygens (including phenoxy) is 1. The maximum atomic E-state index is 12.2. The number of hydrogen-bond acceptors (Lipinski definition) is 6. The third-order valence-corrected chi connectivity index (χ3v) is 5.43. The number of aromatic nitrogens is 3. The van der Waals surface area contributed by atoms with Crippen molar-refractivity contribution in [3.8, 4) is 17.1 Å². The average Bonchev–Trinajstić information content (AvgIpc) is 3.20. The molecule has 0 bridgehead atoms. The van der Waals surface area contributed by atoms with Crippen molar-refractivity contribution in [1.29, 1.82) is 0 Å². The number of likely N-dealkylation sites (N-methyl/N-ethyl adjacent to an activating group) is 1. The van der Waals surface area contributed by atoms with E-state index in [4.69, 9.17) is 4.74 Å². The first-order chi connectivity index (χ1) is 14.5. The fourth-order valence-corrected chi connectivity index (χ4v) is 3.39. The first-order valence-corrected chi connectivity index (χ1v) is 10.6. The van der Waals surface area contributed by atoms with Crippen molar-refractivity contribution in [1.82, 2.24) is 19.7 Å². The third-order valence-electron chi connectivity index (χ3n) is 4.52. The molecule has 156 valence electrons. The number of nitrogens with zero attached hydrogens (tertiary/aromatic N) is 4. The Morgan fingerprint density at radius 3 is 2.30 bits per heavy atom. The summed E-state index contributed by atoms with van der Waals surface area (Å²) < 4.78 is 7.03. The molecular formula is C22H24N4O3S. The summed E-state index contributed by atoms with van der Waals surface area (Å²) in [7, 11) is 1.68. The van der Waals surface area contributed by atoms with Gasteiger partial charge in [0.2, 0.25) is 0 Å². The minimum Gasteiger partial charge on any atom is -0.455 e. The average molecular weight is 425 g/mol. The number of para-hydroxylation sites is 1. The summed E-state index contributed by atoms with van der Waals surface area (Å²) in [6, 6.07) is 19.5. The molecule has 0 aliphatic carbocycles. The van der Waals surface area contributed by atoms with Crippen molar-refractivity contribution in [3.63, 3.8) is 0 Å². The standard InChI is InChI=1S/C22H24N4O3S/c1-16(2)25(3)19(27)14-29-20(28)15-30-22-24-23-21(17-10-6-4-7-11-17)26(22)18-12-8-5-9-13-18/h4-13,16H,14-15H2,1-3H3. The molecule has 0 radical (unpaired) electrons. The highest BCUT2D eigenvalue weighted by atomic mass is 32.2. The Bertz CT molecular complexity index is 990. The van der Waals surface area contributed by atoms with E-state index in [9.17, 15) is 9.59 Å². The Labute approximate surface area is 180 Å². The molecule has 3 rings (SSSR count). The van der Waals surface area contributed by atoms with Crippen LogP contribution in [0.25, 0.3) is 17.1 Å². The predicted octanol–water partition coefficient (Wildman–Crippen LogP) is 3.44. The second kappa shape index (κ2) is 10.1. The quantitative estimate of drug-likeness (QED) is 0.407. The summed E-state index contributed by atoms with van der Waals surface area (Å²) in [5.74, 6) is 0.00117. The minimum atomic E-state index is -0.477. The fourth-order valence-electron chi connectivity index (χ4n) is 2.64. The summed E-state index contributed by atoms with van der Waals surface area (Å²) in [5, 5.41) is 9.19. The van der Waals surface area contributed by atoms with Gasteiger partial charge in [0.05, 0.1) is 5.75 Å². The Morgan fingerprint density at radius 1 is 1.03 bits per heavy atom. The third kappa shape index (κ3) is 5.27. The van der Waals surface area contributed by atoms with E-state index < -0.39 is 5.97 Å². The zero-order chi connectivity index (χ0) is 21.5. The van der Waals surface area contributed by atoms with Crippen molar-refractivity contribution in [2.45, 2.75) is 25.0 Å². The first kappa shape index (κ1) is 21.6. The van der Waals surface area contributed by atoms with Crippen LogP contribution in [0.3, 0.4) is 0 Å². The first-order valence-electron chi connectivity index (χ1n) is 9.57. The molecule has 2 aromatic carbocycles. The van der Waals surface area contributed by atoms with Gasteiger partial charge >= 0.3 is 5.97 Å². The van der Waals surface area contributed by atoms with Crippen LogP contribution in [0.2, 0.25) is 0 Å². The van der Waals surface area contributed by atoms with Crippen LogP contribution < -0.4 is 0 Å². The van der Waals surface area contributed by atoms with Gasteiger partial charge in [-0.1, -0.05) is 60.3 Å². The van der Waals surface area contributed by atoms with Crippen LogP contribution in [0, 0.1) is 0 Å². The highest BCUT2D eigenvalue weighted by Crippen LogP contribution is 2.27. The molecule has 7 nitrogen and oxygen atoms in total. The van der Waals surface area contributed by atoms with E-state index >= 15 is 0 Å². The van der Waals surface area contributed by atoms with E-state index in [1.807, 2.05) is 79.1 Å². The zero-order valence-corrected chi connectivity index (χ0v) is 18.0. The van der Waals surface area contributed by atoms with Gasteiger partial charge in [-0.15, -0.1) is 10.2 Å². The number of hydrogen-bond donors (Lipinski definition) is 0. The molecule has 0 spiro atoms. The van der Waals surface area contributed by atoms with E-state index in [0.717, 1.165) is 11.3 Å². The number of esters is 1.